The number of fused-ring (bicyclic) bond motifs is 2. The average molecular weight is 396 g/mol. The fourth-order valence-corrected chi connectivity index (χ4v) is 4.47. The Morgan fingerprint density at radius 1 is 1.19 bits per heavy atom. The summed E-state index contributed by atoms with van der Waals surface area (Å²) in [5.74, 6) is 0.902. The number of carbonyl (C=O) groups is 1. The van der Waals surface area contributed by atoms with Crippen molar-refractivity contribution in [3.05, 3.63) is 54.1 Å². The van der Waals surface area contributed by atoms with Crippen LogP contribution in [0.1, 0.15) is 5.56 Å². The van der Waals surface area contributed by atoms with E-state index in [-0.39, 0.29) is 11.7 Å². The molecule has 5 nitrogen and oxygen atoms in total. The molecule has 4 rings (SSSR count). The average Bonchev–Trinajstić information content (AvgIpc) is 3.08. The summed E-state index contributed by atoms with van der Waals surface area (Å²) in [6.07, 6.45) is 0. The van der Waals surface area contributed by atoms with Crippen LogP contribution in [0.2, 0.25) is 0 Å². The van der Waals surface area contributed by atoms with E-state index < -0.39 is 0 Å². The molecule has 0 saturated carbocycles. The van der Waals surface area contributed by atoms with Crippen LogP contribution in [0.4, 0.5) is 5.13 Å². The van der Waals surface area contributed by atoms with Crippen LogP contribution in [0.5, 0.6) is 5.75 Å². The third-order valence-electron chi connectivity index (χ3n) is 4.10. The zero-order chi connectivity index (χ0) is 18.8. The first-order valence-electron chi connectivity index (χ1n) is 8.36. The maximum atomic E-state index is 12.3. The van der Waals surface area contributed by atoms with Gasteiger partial charge in [0.15, 0.2) is 5.13 Å². The van der Waals surface area contributed by atoms with Crippen molar-refractivity contribution in [2.24, 2.45) is 0 Å². The molecule has 1 amide bonds. The highest BCUT2D eigenvalue weighted by atomic mass is 32.2. The number of methoxy groups -OCH3 is 1. The number of para-hydroxylation sites is 2. The molecule has 1 N–H and O–H groups in total. The molecule has 2 aromatic carbocycles. The maximum Gasteiger partial charge on any atom is 0.236 e. The third-order valence-corrected chi connectivity index (χ3v) is 5.96. The number of amides is 1. The molecule has 27 heavy (non-hydrogen) atoms. The number of benzene rings is 2. The number of thioether (sulfide) groups is 1. The molecule has 0 unspecified atom stereocenters. The van der Waals surface area contributed by atoms with Gasteiger partial charge in [-0.15, -0.1) is 0 Å². The zero-order valence-corrected chi connectivity index (χ0v) is 16.5. The lowest BCUT2D eigenvalue weighted by molar-refractivity contribution is -0.113. The topological polar surface area (TPSA) is 64.1 Å². The van der Waals surface area contributed by atoms with Gasteiger partial charge in [-0.05, 0) is 36.8 Å². The number of nitrogens with one attached hydrogen (secondary N) is 1. The first kappa shape index (κ1) is 17.8. The van der Waals surface area contributed by atoms with Crippen LogP contribution in [-0.2, 0) is 4.79 Å². The van der Waals surface area contributed by atoms with Crippen LogP contribution in [0, 0.1) is 6.92 Å². The number of aryl methyl sites for hydroxylation is 1. The fourth-order valence-electron chi connectivity index (χ4n) is 2.82. The highest BCUT2D eigenvalue weighted by Crippen LogP contribution is 2.30. The van der Waals surface area contributed by atoms with Crippen LogP contribution >= 0.6 is 23.1 Å². The van der Waals surface area contributed by atoms with Crippen LogP contribution in [0.25, 0.3) is 21.1 Å². The number of thiazole rings is 1. The van der Waals surface area contributed by atoms with E-state index in [1.54, 1.807) is 7.11 Å². The van der Waals surface area contributed by atoms with Gasteiger partial charge in [-0.1, -0.05) is 47.4 Å². The molecule has 136 valence electrons. The lowest BCUT2D eigenvalue weighted by Crippen LogP contribution is -2.13. The number of aromatic nitrogens is 2. The molecule has 0 atom stereocenters. The van der Waals surface area contributed by atoms with Gasteiger partial charge >= 0.3 is 0 Å². The van der Waals surface area contributed by atoms with Gasteiger partial charge in [0.1, 0.15) is 11.3 Å². The lowest BCUT2D eigenvalue weighted by Gasteiger charge is -2.09. The van der Waals surface area contributed by atoms with Crippen molar-refractivity contribution in [3.63, 3.8) is 0 Å². The van der Waals surface area contributed by atoms with Gasteiger partial charge in [-0.2, -0.15) is 0 Å². The van der Waals surface area contributed by atoms with Crippen LogP contribution in [0.3, 0.4) is 0 Å². The second kappa shape index (κ2) is 7.54. The van der Waals surface area contributed by atoms with Crippen molar-refractivity contribution >= 4 is 55.3 Å². The van der Waals surface area contributed by atoms with E-state index in [4.69, 9.17) is 4.74 Å². The number of hydrogen-bond donors (Lipinski definition) is 1. The summed E-state index contributed by atoms with van der Waals surface area (Å²) < 4.78 is 6.47. The number of anilines is 1. The second-order valence-electron chi connectivity index (χ2n) is 5.96. The van der Waals surface area contributed by atoms with Gasteiger partial charge < -0.3 is 10.1 Å². The van der Waals surface area contributed by atoms with Crippen molar-refractivity contribution < 1.29 is 9.53 Å². The lowest BCUT2D eigenvalue weighted by atomic mass is 10.1. The molecular weight excluding hydrogens is 378 g/mol. The smallest absolute Gasteiger partial charge is 0.236 e. The Kier molecular flexibility index (Phi) is 4.96. The summed E-state index contributed by atoms with van der Waals surface area (Å²) in [7, 11) is 1.64. The fraction of sp³-hybridized carbons (Fsp3) is 0.150. The number of carbonyl (C=O) groups excluding carboxylic acids is 1. The number of nitrogens with zero attached hydrogens (tertiary/aromatic N) is 2. The van der Waals surface area contributed by atoms with E-state index in [1.165, 1.54) is 23.1 Å². The van der Waals surface area contributed by atoms with Gasteiger partial charge in [-0.25, -0.2) is 9.97 Å². The summed E-state index contributed by atoms with van der Waals surface area (Å²) in [4.78, 5) is 21.4. The van der Waals surface area contributed by atoms with Crippen molar-refractivity contribution in [1.82, 2.24) is 9.97 Å². The van der Waals surface area contributed by atoms with Crippen molar-refractivity contribution in [1.29, 1.82) is 0 Å². The summed E-state index contributed by atoms with van der Waals surface area (Å²) >= 11 is 2.87. The minimum absolute atomic E-state index is 0.0985. The van der Waals surface area contributed by atoms with Gasteiger partial charge in [0, 0.05) is 5.39 Å². The van der Waals surface area contributed by atoms with Crippen LogP contribution < -0.4 is 10.1 Å². The van der Waals surface area contributed by atoms with Crippen molar-refractivity contribution in [2.75, 3.05) is 18.2 Å². The first-order chi connectivity index (χ1) is 13.1. The number of ether oxygens (including phenoxy) is 1. The minimum Gasteiger partial charge on any atom is -0.494 e. The van der Waals surface area contributed by atoms with Crippen LogP contribution in [-0.4, -0.2) is 28.7 Å². The normalized spacial score (nSPS) is 11.0. The molecule has 0 fully saturated rings. The largest absolute Gasteiger partial charge is 0.494 e. The molecule has 0 aliphatic rings. The molecule has 0 aliphatic heterocycles. The predicted molar refractivity (Wildman–Crippen MR) is 112 cm³/mol. The Bertz CT molecular complexity index is 1110. The minimum atomic E-state index is -0.0985. The molecule has 0 saturated heterocycles. The molecule has 4 aromatic rings. The van der Waals surface area contributed by atoms with E-state index in [1.807, 2.05) is 55.5 Å². The molecule has 0 radical (unpaired) electrons. The molecular formula is C20H17N3O2S2. The Morgan fingerprint density at radius 2 is 2.04 bits per heavy atom. The standard InChI is InChI=1S/C20H17N3O2S2/c1-12-10-18(23-19-13(12)6-5-8-15(19)25-2)26-11-17(24)22-20-21-14-7-3-4-9-16(14)27-20/h3-10H,11H2,1-2H3,(H,21,22,24). The van der Waals surface area contributed by atoms with Gasteiger partial charge in [0.25, 0.3) is 0 Å². The Labute approximate surface area is 164 Å². The summed E-state index contributed by atoms with van der Waals surface area (Å²) in [6, 6.07) is 15.7. The molecule has 0 bridgehead atoms. The van der Waals surface area contributed by atoms with Crippen molar-refractivity contribution in [2.45, 2.75) is 11.9 Å². The number of rotatable bonds is 5. The molecule has 2 aromatic heterocycles. The number of hydrogen-bond acceptors (Lipinski definition) is 6. The first-order valence-corrected chi connectivity index (χ1v) is 10.2. The summed E-state index contributed by atoms with van der Waals surface area (Å²) in [5, 5.41) is 5.34. The van der Waals surface area contributed by atoms with Gasteiger partial charge in [-0.3, -0.25) is 4.79 Å². The molecule has 7 heteroatoms. The third kappa shape index (κ3) is 3.74. The predicted octanol–water partition coefficient (Wildman–Crippen LogP) is 4.89. The van der Waals surface area contributed by atoms with E-state index in [0.717, 1.165) is 37.5 Å². The highest BCUT2D eigenvalue weighted by Gasteiger charge is 2.11. The van der Waals surface area contributed by atoms with E-state index in [0.29, 0.717) is 5.13 Å². The van der Waals surface area contributed by atoms with E-state index >= 15 is 0 Å². The molecule has 0 spiro atoms. The van der Waals surface area contributed by atoms with Crippen molar-refractivity contribution in [3.8, 4) is 5.75 Å². The Balaban J connectivity index is 1.48. The van der Waals surface area contributed by atoms with E-state index in [9.17, 15) is 4.79 Å². The van der Waals surface area contributed by atoms with Gasteiger partial charge in [0.05, 0.1) is 28.1 Å². The SMILES string of the molecule is COc1cccc2c(C)cc(SCC(=O)Nc3nc4ccccc4s3)nc12. The van der Waals surface area contributed by atoms with Gasteiger partial charge in [0.2, 0.25) is 5.91 Å². The summed E-state index contributed by atoms with van der Waals surface area (Å²) in [5.41, 5.74) is 2.81. The monoisotopic (exact) mass is 395 g/mol. The molecule has 0 aliphatic carbocycles. The quantitative estimate of drug-likeness (QED) is 0.487. The highest BCUT2D eigenvalue weighted by molar-refractivity contribution is 7.99. The molecule has 2 heterocycles. The van der Waals surface area contributed by atoms with Crippen LogP contribution in [0.15, 0.2) is 53.6 Å². The van der Waals surface area contributed by atoms with E-state index in [2.05, 4.69) is 15.3 Å². The zero-order valence-electron chi connectivity index (χ0n) is 14.9. The Morgan fingerprint density at radius 3 is 2.85 bits per heavy atom. The second-order valence-corrected chi connectivity index (χ2v) is 7.98. The maximum absolute atomic E-state index is 12.3. The number of pyridine rings is 1. The Hall–Kier alpha value is -2.64. The summed E-state index contributed by atoms with van der Waals surface area (Å²) in [6.45, 7) is 2.04.